The molecule has 0 aromatic heterocycles. The van der Waals surface area contributed by atoms with Crippen molar-refractivity contribution in [1.82, 2.24) is 4.31 Å². The average molecular weight is 283 g/mol. The number of benzene rings is 1. The Morgan fingerprint density at radius 3 is 2.68 bits per heavy atom. The van der Waals surface area contributed by atoms with E-state index in [4.69, 9.17) is 0 Å². The molecule has 1 heterocycles. The van der Waals surface area contributed by atoms with Gasteiger partial charge in [0.15, 0.2) is 0 Å². The first-order chi connectivity index (χ1) is 8.84. The Morgan fingerprint density at radius 2 is 2.11 bits per heavy atom. The Morgan fingerprint density at radius 1 is 1.42 bits per heavy atom. The molecule has 1 fully saturated rings. The van der Waals surface area contributed by atoms with Crippen LogP contribution in [0.15, 0.2) is 29.2 Å². The number of carboxylic acid groups (broad SMARTS) is 1. The summed E-state index contributed by atoms with van der Waals surface area (Å²) in [6, 6.07) is 5.57. The minimum atomic E-state index is -3.74. The maximum absolute atomic E-state index is 12.5. The Balaban J connectivity index is 2.42. The summed E-state index contributed by atoms with van der Waals surface area (Å²) in [7, 11) is -3.74. The van der Waals surface area contributed by atoms with Crippen LogP contribution in [0.3, 0.4) is 0 Å². The molecular weight excluding hydrogens is 266 g/mol. The molecule has 0 radical (unpaired) electrons. The van der Waals surface area contributed by atoms with Gasteiger partial charge < -0.3 is 5.11 Å². The van der Waals surface area contributed by atoms with Gasteiger partial charge in [0.25, 0.3) is 0 Å². The maximum atomic E-state index is 12.5. The van der Waals surface area contributed by atoms with Crippen LogP contribution >= 0.6 is 0 Å². The summed E-state index contributed by atoms with van der Waals surface area (Å²) in [5, 5.41) is 9.21. The Bertz CT molecular complexity index is 596. The number of hydrogen-bond donors (Lipinski definition) is 1. The van der Waals surface area contributed by atoms with Crippen LogP contribution in [0.1, 0.15) is 18.9 Å². The Hall–Kier alpha value is -1.40. The minimum Gasteiger partial charge on any atom is -0.480 e. The number of nitrogens with zero attached hydrogens (tertiary/aromatic N) is 1. The third kappa shape index (κ3) is 2.50. The molecular formula is C13H17NO4S. The molecule has 2 atom stereocenters. The quantitative estimate of drug-likeness (QED) is 0.911. The highest BCUT2D eigenvalue weighted by molar-refractivity contribution is 7.89. The normalized spacial score (nSPS) is 24.5. The van der Waals surface area contributed by atoms with Crippen molar-refractivity contribution < 1.29 is 18.3 Å². The van der Waals surface area contributed by atoms with Gasteiger partial charge in [0.1, 0.15) is 6.04 Å². The van der Waals surface area contributed by atoms with E-state index >= 15 is 0 Å². The smallest absolute Gasteiger partial charge is 0.322 e. The standard InChI is InChI=1S/C13H17NO4S/c1-9-4-3-5-11(8-9)19(17,18)14-7-6-10(2)12(14)13(15)16/h3-5,8,10,12H,6-7H2,1-2H3,(H,15,16). The molecule has 0 aliphatic carbocycles. The number of rotatable bonds is 3. The largest absolute Gasteiger partial charge is 0.480 e. The van der Waals surface area contributed by atoms with E-state index in [1.54, 1.807) is 32.0 Å². The first kappa shape index (κ1) is 14.0. The van der Waals surface area contributed by atoms with E-state index in [2.05, 4.69) is 0 Å². The zero-order valence-corrected chi connectivity index (χ0v) is 11.7. The summed E-state index contributed by atoms with van der Waals surface area (Å²) < 4.78 is 26.1. The number of sulfonamides is 1. The number of carbonyl (C=O) groups is 1. The molecule has 0 amide bonds. The lowest BCUT2D eigenvalue weighted by Crippen LogP contribution is -2.42. The summed E-state index contributed by atoms with van der Waals surface area (Å²) in [5.74, 6) is -1.25. The highest BCUT2D eigenvalue weighted by atomic mass is 32.2. The van der Waals surface area contributed by atoms with E-state index in [-0.39, 0.29) is 17.4 Å². The molecule has 2 rings (SSSR count). The molecule has 5 nitrogen and oxygen atoms in total. The number of hydrogen-bond acceptors (Lipinski definition) is 3. The third-order valence-corrected chi connectivity index (χ3v) is 5.38. The van der Waals surface area contributed by atoms with E-state index in [9.17, 15) is 18.3 Å². The van der Waals surface area contributed by atoms with Crippen LogP contribution < -0.4 is 0 Å². The third-order valence-electron chi connectivity index (χ3n) is 3.50. The van der Waals surface area contributed by atoms with Gasteiger partial charge in [-0.3, -0.25) is 4.79 Å². The number of aryl methyl sites for hydroxylation is 1. The fourth-order valence-electron chi connectivity index (χ4n) is 2.46. The van der Waals surface area contributed by atoms with Gasteiger partial charge in [-0.25, -0.2) is 8.42 Å². The molecule has 6 heteroatoms. The highest BCUT2D eigenvalue weighted by Crippen LogP contribution is 2.30. The second-order valence-corrected chi connectivity index (χ2v) is 6.87. The fraction of sp³-hybridized carbons (Fsp3) is 0.462. The zero-order valence-electron chi connectivity index (χ0n) is 10.9. The predicted octanol–water partition coefficient (Wildman–Crippen LogP) is 1.48. The number of carboxylic acids is 1. The van der Waals surface area contributed by atoms with Crippen molar-refractivity contribution >= 4 is 16.0 Å². The van der Waals surface area contributed by atoms with Crippen LogP contribution in [0.5, 0.6) is 0 Å². The summed E-state index contributed by atoms with van der Waals surface area (Å²) in [6.07, 6.45) is 0.571. The second-order valence-electron chi connectivity index (χ2n) is 4.98. The van der Waals surface area contributed by atoms with Gasteiger partial charge >= 0.3 is 5.97 Å². The lowest BCUT2D eigenvalue weighted by atomic mass is 10.0. The monoisotopic (exact) mass is 283 g/mol. The van der Waals surface area contributed by atoms with Gasteiger partial charge in [-0.05, 0) is 37.0 Å². The van der Waals surface area contributed by atoms with Gasteiger partial charge in [0.05, 0.1) is 4.90 Å². The molecule has 104 valence electrons. The maximum Gasteiger partial charge on any atom is 0.322 e. The predicted molar refractivity (Wildman–Crippen MR) is 70.3 cm³/mol. The molecule has 1 aromatic carbocycles. The van der Waals surface area contributed by atoms with Crippen LogP contribution in [0.25, 0.3) is 0 Å². The lowest BCUT2D eigenvalue weighted by Gasteiger charge is -2.22. The molecule has 19 heavy (non-hydrogen) atoms. The van der Waals surface area contributed by atoms with Crippen molar-refractivity contribution in [3.63, 3.8) is 0 Å². The summed E-state index contributed by atoms with van der Waals surface area (Å²) in [4.78, 5) is 11.4. The van der Waals surface area contributed by atoms with Gasteiger partial charge in [0.2, 0.25) is 10.0 Å². The average Bonchev–Trinajstić information content (AvgIpc) is 2.72. The van der Waals surface area contributed by atoms with Crippen molar-refractivity contribution in [1.29, 1.82) is 0 Å². The van der Waals surface area contributed by atoms with Gasteiger partial charge in [-0.2, -0.15) is 4.31 Å². The lowest BCUT2D eigenvalue weighted by molar-refractivity contribution is -0.141. The first-order valence-electron chi connectivity index (χ1n) is 6.15. The molecule has 1 N–H and O–H groups in total. The fourth-order valence-corrected chi connectivity index (χ4v) is 4.26. The van der Waals surface area contributed by atoms with Crippen LogP contribution in [-0.2, 0) is 14.8 Å². The van der Waals surface area contributed by atoms with Crippen molar-refractivity contribution in [2.45, 2.75) is 31.2 Å². The van der Waals surface area contributed by atoms with Gasteiger partial charge in [-0.15, -0.1) is 0 Å². The molecule has 0 bridgehead atoms. The Kier molecular flexibility index (Phi) is 3.64. The molecule has 1 aromatic rings. The van der Waals surface area contributed by atoms with E-state index < -0.39 is 22.0 Å². The van der Waals surface area contributed by atoms with Gasteiger partial charge in [-0.1, -0.05) is 19.1 Å². The van der Waals surface area contributed by atoms with Crippen molar-refractivity contribution in [3.8, 4) is 0 Å². The van der Waals surface area contributed by atoms with Crippen molar-refractivity contribution in [2.24, 2.45) is 5.92 Å². The zero-order chi connectivity index (χ0) is 14.2. The molecule has 1 aliphatic rings. The van der Waals surface area contributed by atoms with E-state index in [1.807, 2.05) is 0 Å². The van der Waals surface area contributed by atoms with Gasteiger partial charge in [0, 0.05) is 6.54 Å². The second kappa shape index (κ2) is 4.94. The molecule has 2 unspecified atom stereocenters. The van der Waals surface area contributed by atoms with E-state index in [1.165, 1.54) is 6.07 Å². The van der Waals surface area contributed by atoms with E-state index in [0.29, 0.717) is 6.42 Å². The first-order valence-corrected chi connectivity index (χ1v) is 7.59. The van der Waals surface area contributed by atoms with E-state index in [0.717, 1.165) is 9.87 Å². The topological polar surface area (TPSA) is 74.7 Å². The molecule has 0 saturated carbocycles. The summed E-state index contributed by atoms with van der Waals surface area (Å²) in [6.45, 7) is 3.83. The van der Waals surface area contributed by atoms with Crippen LogP contribution in [-0.4, -0.2) is 36.4 Å². The van der Waals surface area contributed by atoms with Crippen LogP contribution in [0.2, 0.25) is 0 Å². The number of aliphatic carboxylic acids is 1. The van der Waals surface area contributed by atoms with Crippen molar-refractivity contribution in [3.05, 3.63) is 29.8 Å². The molecule has 1 aliphatic heterocycles. The van der Waals surface area contributed by atoms with Crippen molar-refractivity contribution in [2.75, 3.05) is 6.54 Å². The Labute approximate surface area is 112 Å². The minimum absolute atomic E-state index is 0.160. The highest BCUT2D eigenvalue weighted by Gasteiger charge is 2.43. The summed E-state index contributed by atoms with van der Waals surface area (Å²) in [5.41, 5.74) is 0.834. The molecule has 0 spiro atoms. The SMILES string of the molecule is Cc1cccc(S(=O)(=O)N2CCC(C)C2C(=O)O)c1. The summed E-state index contributed by atoms with van der Waals surface area (Å²) >= 11 is 0. The molecule has 1 saturated heterocycles. The van der Waals surface area contributed by atoms with Crippen LogP contribution in [0, 0.1) is 12.8 Å². The van der Waals surface area contributed by atoms with Crippen LogP contribution in [0.4, 0.5) is 0 Å².